The topological polar surface area (TPSA) is 86.3 Å². The van der Waals surface area contributed by atoms with Crippen molar-refractivity contribution >= 4 is 28.8 Å². The predicted octanol–water partition coefficient (Wildman–Crippen LogP) is 3.93. The van der Waals surface area contributed by atoms with Crippen molar-refractivity contribution in [2.75, 3.05) is 19.7 Å². The van der Waals surface area contributed by atoms with E-state index in [2.05, 4.69) is 15.0 Å². The molecule has 1 amide bonds. The maximum atomic E-state index is 14.4. The summed E-state index contributed by atoms with van der Waals surface area (Å²) in [6, 6.07) is 4.96. The van der Waals surface area contributed by atoms with Crippen LogP contribution in [-0.4, -0.2) is 45.3 Å². The van der Waals surface area contributed by atoms with E-state index in [0.717, 1.165) is 11.3 Å². The molecule has 1 fully saturated rings. The van der Waals surface area contributed by atoms with Crippen molar-refractivity contribution < 1.29 is 18.3 Å². The highest BCUT2D eigenvalue weighted by atomic mass is 35.5. The van der Waals surface area contributed by atoms with Crippen molar-refractivity contribution in [2.24, 2.45) is 5.73 Å². The van der Waals surface area contributed by atoms with Gasteiger partial charge in [-0.1, -0.05) is 17.7 Å². The highest BCUT2D eigenvalue weighted by Gasteiger charge is 2.51. The van der Waals surface area contributed by atoms with Crippen molar-refractivity contribution in [3.8, 4) is 5.82 Å². The zero-order valence-corrected chi connectivity index (χ0v) is 20.1. The second-order valence-corrected chi connectivity index (χ2v) is 10.6. The molecule has 2 aliphatic rings. The summed E-state index contributed by atoms with van der Waals surface area (Å²) in [6.45, 7) is 3.37. The SMILES string of the molecule is Cc1nn(-c2ncccc2CC(N)=O)cc1CN1CCC2(CC1)OCC(F)(F)c1cc(Cl)sc12. The standard InChI is InChI=1S/C23H24ClF2N5O2S/c1-14-16(12-31(29-14)21-15(9-19(27)32)3-2-6-28-21)11-30-7-4-22(5-8-30)20-17(10-18(24)34-20)23(25,26)13-33-22/h2-3,6,10,12H,4-5,7-9,11,13H2,1H3,(H2,27,32). The lowest BCUT2D eigenvalue weighted by Crippen LogP contribution is -2.48. The second-order valence-electron chi connectivity index (χ2n) is 8.87. The van der Waals surface area contributed by atoms with Gasteiger partial charge < -0.3 is 10.5 Å². The summed E-state index contributed by atoms with van der Waals surface area (Å²) < 4.78 is 36.6. The number of thiophene rings is 1. The van der Waals surface area contributed by atoms with E-state index in [4.69, 9.17) is 22.1 Å². The number of alkyl halides is 2. The number of likely N-dealkylation sites (tertiary alicyclic amines) is 1. The van der Waals surface area contributed by atoms with E-state index in [1.165, 1.54) is 17.4 Å². The molecule has 0 atom stereocenters. The fourth-order valence-corrected chi connectivity index (χ4v) is 6.23. The van der Waals surface area contributed by atoms with Gasteiger partial charge in [-0.3, -0.25) is 9.69 Å². The molecule has 0 aliphatic carbocycles. The van der Waals surface area contributed by atoms with Crippen LogP contribution in [0.25, 0.3) is 5.82 Å². The number of aryl methyl sites for hydroxylation is 1. The van der Waals surface area contributed by atoms with Crippen molar-refractivity contribution in [2.45, 2.75) is 44.3 Å². The molecular weight excluding hydrogens is 484 g/mol. The highest BCUT2D eigenvalue weighted by molar-refractivity contribution is 7.16. The summed E-state index contributed by atoms with van der Waals surface area (Å²) in [5, 5.41) is 4.60. The molecule has 3 aromatic heterocycles. The number of nitrogens with two attached hydrogens (primary N) is 1. The highest BCUT2D eigenvalue weighted by Crippen LogP contribution is 2.52. The maximum Gasteiger partial charge on any atom is 0.297 e. The molecule has 34 heavy (non-hydrogen) atoms. The van der Waals surface area contributed by atoms with E-state index in [0.29, 0.717) is 53.1 Å². The van der Waals surface area contributed by atoms with Gasteiger partial charge in [-0.05, 0) is 31.9 Å². The van der Waals surface area contributed by atoms with Gasteiger partial charge >= 0.3 is 0 Å². The third kappa shape index (κ3) is 4.24. The largest absolute Gasteiger partial charge is 0.369 e. The van der Waals surface area contributed by atoms with E-state index in [9.17, 15) is 13.6 Å². The molecule has 1 saturated heterocycles. The Morgan fingerprint density at radius 2 is 2.09 bits per heavy atom. The van der Waals surface area contributed by atoms with Crippen molar-refractivity contribution in [3.05, 3.63) is 62.2 Å². The number of rotatable bonds is 5. The minimum atomic E-state index is -3.01. The molecule has 0 radical (unpaired) electrons. The van der Waals surface area contributed by atoms with Gasteiger partial charge in [0.15, 0.2) is 5.82 Å². The quantitative estimate of drug-likeness (QED) is 0.565. The number of carbonyl (C=O) groups excluding carboxylic acids is 1. The monoisotopic (exact) mass is 507 g/mol. The minimum absolute atomic E-state index is 0.0152. The Bertz CT molecular complexity index is 1240. The fraction of sp³-hybridized carbons (Fsp3) is 0.435. The number of hydrogen-bond donors (Lipinski definition) is 1. The average molecular weight is 508 g/mol. The Labute approximate surface area is 204 Å². The molecule has 5 heterocycles. The fourth-order valence-electron chi connectivity index (χ4n) is 4.75. The summed E-state index contributed by atoms with van der Waals surface area (Å²) in [6.07, 6.45) is 4.88. The van der Waals surface area contributed by atoms with Crippen LogP contribution in [0.2, 0.25) is 4.34 Å². The smallest absolute Gasteiger partial charge is 0.297 e. The van der Waals surface area contributed by atoms with Gasteiger partial charge in [-0.15, -0.1) is 11.3 Å². The van der Waals surface area contributed by atoms with E-state index in [1.807, 2.05) is 19.2 Å². The summed E-state index contributed by atoms with van der Waals surface area (Å²) in [4.78, 5) is 18.7. The van der Waals surface area contributed by atoms with Crippen molar-refractivity contribution in [1.29, 1.82) is 0 Å². The van der Waals surface area contributed by atoms with Gasteiger partial charge in [-0.2, -0.15) is 13.9 Å². The van der Waals surface area contributed by atoms with Crippen LogP contribution in [0.3, 0.4) is 0 Å². The summed E-state index contributed by atoms with van der Waals surface area (Å²) in [5.74, 6) is -2.86. The molecule has 1 spiro atoms. The van der Waals surface area contributed by atoms with E-state index in [-0.39, 0.29) is 12.0 Å². The lowest BCUT2D eigenvalue weighted by Gasteiger charge is -2.45. The number of hydrogen-bond acceptors (Lipinski definition) is 6. The Morgan fingerprint density at radius 1 is 1.32 bits per heavy atom. The number of primary amides is 1. The first kappa shape index (κ1) is 23.3. The van der Waals surface area contributed by atoms with Gasteiger partial charge in [-0.25, -0.2) is 9.67 Å². The maximum absolute atomic E-state index is 14.4. The van der Waals surface area contributed by atoms with Crippen LogP contribution in [0.5, 0.6) is 0 Å². The normalized spacial score (nSPS) is 19.3. The molecule has 2 N–H and O–H groups in total. The lowest BCUT2D eigenvalue weighted by atomic mass is 9.84. The van der Waals surface area contributed by atoms with Crippen LogP contribution < -0.4 is 5.73 Å². The first-order valence-corrected chi connectivity index (χ1v) is 12.2. The van der Waals surface area contributed by atoms with Gasteiger partial charge in [0.1, 0.15) is 12.2 Å². The molecule has 0 unspecified atom stereocenters. The number of aromatic nitrogens is 3. The Hall–Kier alpha value is -2.40. The minimum Gasteiger partial charge on any atom is -0.369 e. The third-order valence-electron chi connectivity index (χ3n) is 6.55. The van der Waals surface area contributed by atoms with Gasteiger partial charge in [0.2, 0.25) is 5.91 Å². The molecule has 0 aromatic carbocycles. The summed E-state index contributed by atoms with van der Waals surface area (Å²) in [7, 11) is 0. The Balaban J connectivity index is 1.31. The molecule has 3 aromatic rings. The number of ether oxygens (including phenoxy) is 1. The molecule has 5 rings (SSSR count). The van der Waals surface area contributed by atoms with Gasteiger partial charge in [0.05, 0.1) is 16.5 Å². The van der Waals surface area contributed by atoms with E-state index < -0.39 is 24.0 Å². The van der Waals surface area contributed by atoms with Crippen LogP contribution in [0, 0.1) is 6.92 Å². The van der Waals surface area contributed by atoms with Crippen LogP contribution in [0.15, 0.2) is 30.6 Å². The van der Waals surface area contributed by atoms with Crippen LogP contribution in [-0.2, 0) is 34.0 Å². The number of halogens is 3. The van der Waals surface area contributed by atoms with Crippen LogP contribution >= 0.6 is 22.9 Å². The zero-order valence-electron chi connectivity index (χ0n) is 18.6. The Morgan fingerprint density at radius 3 is 2.82 bits per heavy atom. The summed E-state index contributed by atoms with van der Waals surface area (Å²) in [5.41, 5.74) is 7.28. The number of nitrogens with zero attached hydrogens (tertiary/aromatic N) is 4. The number of fused-ring (bicyclic) bond motifs is 2. The van der Waals surface area contributed by atoms with Crippen molar-refractivity contribution in [3.63, 3.8) is 0 Å². The Kier molecular flexibility index (Phi) is 5.96. The molecule has 11 heteroatoms. The van der Waals surface area contributed by atoms with E-state index in [1.54, 1.807) is 16.9 Å². The predicted molar refractivity (Wildman–Crippen MR) is 124 cm³/mol. The molecule has 2 aliphatic heterocycles. The molecular formula is C23H24ClF2N5O2S. The van der Waals surface area contributed by atoms with Crippen LogP contribution in [0.1, 0.15) is 40.1 Å². The number of amides is 1. The van der Waals surface area contributed by atoms with E-state index >= 15 is 0 Å². The first-order valence-electron chi connectivity index (χ1n) is 11.0. The number of piperidine rings is 1. The zero-order chi connectivity index (χ0) is 24.1. The average Bonchev–Trinajstić information content (AvgIpc) is 3.37. The number of carbonyl (C=O) groups is 1. The molecule has 0 bridgehead atoms. The summed E-state index contributed by atoms with van der Waals surface area (Å²) >= 11 is 7.31. The third-order valence-corrected chi connectivity index (χ3v) is 8.00. The molecule has 7 nitrogen and oxygen atoms in total. The van der Waals surface area contributed by atoms with Crippen molar-refractivity contribution in [1.82, 2.24) is 19.7 Å². The second kappa shape index (κ2) is 8.67. The first-order chi connectivity index (χ1) is 16.2. The van der Waals surface area contributed by atoms with Crippen LogP contribution in [0.4, 0.5) is 8.78 Å². The molecule has 180 valence electrons. The number of pyridine rings is 1. The van der Waals surface area contributed by atoms with Gasteiger partial charge in [0.25, 0.3) is 5.92 Å². The lowest BCUT2D eigenvalue weighted by molar-refractivity contribution is -0.182. The molecule has 0 saturated carbocycles. The van der Waals surface area contributed by atoms with Gasteiger partial charge in [0, 0.05) is 53.6 Å².